The van der Waals surface area contributed by atoms with E-state index in [2.05, 4.69) is 34.6 Å². The minimum Gasteiger partial charge on any atom is -0.495 e. The van der Waals surface area contributed by atoms with Gasteiger partial charge in [0.1, 0.15) is 5.75 Å². The maximum atomic E-state index is 6.03. The van der Waals surface area contributed by atoms with Gasteiger partial charge in [-0.15, -0.1) is 0 Å². The van der Waals surface area contributed by atoms with Gasteiger partial charge in [-0.3, -0.25) is 4.99 Å². The lowest BCUT2D eigenvalue weighted by Crippen LogP contribution is -2.25. The van der Waals surface area contributed by atoms with Crippen molar-refractivity contribution in [2.75, 3.05) is 19.0 Å². The number of aliphatic imine (C=N–C) groups is 1. The van der Waals surface area contributed by atoms with Crippen molar-refractivity contribution in [2.24, 2.45) is 10.7 Å². The number of methoxy groups -OCH3 is 1. The summed E-state index contributed by atoms with van der Waals surface area (Å²) in [5.74, 6) is 1.18. The molecule has 0 aliphatic heterocycles. The smallest absolute Gasteiger partial charge is 0.193 e. The monoisotopic (exact) mass is 295 g/mol. The third-order valence-corrected chi connectivity index (χ3v) is 4.16. The third-order valence-electron chi connectivity index (χ3n) is 4.16. The van der Waals surface area contributed by atoms with Gasteiger partial charge in [-0.05, 0) is 30.5 Å². The second-order valence-corrected chi connectivity index (χ2v) is 5.67. The van der Waals surface area contributed by atoms with E-state index in [0.717, 1.165) is 11.4 Å². The first kappa shape index (κ1) is 14.4. The first-order valence-corrected chi connectivity index (χ1v) is 7.49. The molecule has 4 heteroatoms. The number of para-hydroxylation sites is 2. The zero-order valence-corrected chi connectivity index (χ0v) is 12.8. The summed E-state index contributed by atoms with van der Waals surface area (Å²) in [5, 5.41) is 3.12. The van der Waals surface area contributed by atoms with E-state index in [-0.39, 0.29) is 5.41 Å². The number of benzene rings is 2. The molecule has 3 rings (SSSR count). The molecule has 3 N–H and O–H groups in total. The van der Waals surface area contributed by atoms with Crippen LogP contribution in [0.15, 0.2) is 59.6 Å². The fourth-order valence-corrected chi connectivity index (χ4v) is 2.64. The van der Waals surface area contributed by atoms with Crippen molar-refractivity contribution in [1.29, 1.82) is 0 Å². The largest absolute Gasteiger partial charge is 0.495 e. The average Bonchev–Trinajstić information content (AvgIpc) is 3.36. The van der Waals surface area contributed by atoms with Crippen molar-refractivity contribution in [3.63, 3.8) is 0 Å². The molecule has 1 aliphatic carbocycles. The summed E-state index contributed by atoms with van der Waals surface area (Å²) in [6, 6.07) is 18.2. The van der Waals surface area contributed by atoms with E-state index in [1.54, 1.807) is 7.11 Å². The molecular weight excluding hydrogens is 274 g/mol. The Hall–Kier alpha value is -2.49. The fourth-order valence-electron chi connectivity index (χ4n) is 2.64. The lowest BCUT2D eigenvalue weighted by Gasteiger charge is -2.14. The van der Waals surface area contributed by atoms with Gasteiger partial charge in [-0.2, -0.15) is 0 Å². The molecule has 22 heavy (non-hydrogen) atoms. The minimum atomic E-state index is 0.175. The van der Waals surface area contributed by atoms with Gasteiger partial charge in [0.05, 0.1) is 19.3 Å². The highest BCUT2D eigenvalue weighted by atomic mass is 16.5. The topological polar surface area (TPSA) is 59.6 Å². The van der Waals surface area contributed by atoms with Crippen LogP contribution in [0.1, 0.15) is 18.4 Å². The van der Waals surface area contributed by atoms with Crippen molar-refractivity contribution in [1.82, 2.24) is 0 Å². The van der Waals surface area contributed by atoms with Gasteiger partial charge >= 0.3 is 0 Å². The summed E-state index contributed by atoms with van der Waals surface area (Å²) in [7, 11) is 1.64. The first-order valence-electron chi connectivity index (χ1n) is 7.49. The van der Waals surface area contributed by atoms with E-state index < -0.39 is 0 Å². The lowest BCUT2D eigenvalue weighted by atomic mass is 9.96. The molecule has 0 saturated heterocycles. The number of guanidine groups is 1. The van der Waals surface area contributed by atoms with Crippen LogP contribution in [0.4, 0.5) is 5.69 Å². The molecule has 0 spiro atoms. The summed E-state index contributed by atoms with van der Waals surface area (Å²) in [5.41, 5.74) is 8.38. The highest BCUT2D eigenvalue weighted by Crippen LogP contribution is 2.48. The van der Waals surface area contributed by atoms with Gasteiger partial charge in [0.2, 0.25) is 0 Å². The number of nitrogens with zero attached hydrogens (tertiary/aromatic N) is 1. The molecule has 2 aromatic rings. The Bertz CT molecular complexity index is 663. The van der Waals surface area contributed by atoms with Gasteiger partial charge in [-0.25, -0.2) is 0 Å². The maximum absolute atomic E-state index is 6.03. The van der Waals surface area contributed by atoms with Gasteiger partial charge in [0.15, 0.2) is 5.96 Å². The molecule has 0 bridgehead atoms. The van der Waals surface area contributed by atoms with Crippen molar-refractivity contribution in [2.45, 2.75) is 18.3 Å². The molecule has 0 aromatic heterocycles. The van der Waals surface area contributed by atoms with Crippen LogP contribution in [0.25, 0.3) is 0 Å². The number of hydrogen-bond acceptors (Lipinski definition) is 2. The lowest BCUT2D eigenvalue weighted by molar-refractivity contribution is 0.417. The Morgan fingerprint density at radius 1 is 1.14 bits per heavy atom. The number of rotatable bonds is 5. The standard InChI is InChI=1S/C18H21N3O/c1-22-16-10-6-5-9-15(16)21-17(19)20-13-18(11-12-18)14-7-3-2-4-8-14/h2-10H,11-13H2,1H3,(H3,19,20,21). The summed E-state index contributed by atoms with van der Waals surface area (Å²) >= 11 is 0. The molecule has 114 valence electrons. The summed E-state index contributed by atoms with van der Waals surface area (Å²) < 4.78 is 5.30. The summed E-state index contributed by atoms with van der Waals surface area (Å²) in [4.78, 5) is 4.53. The SMILES string of the molecule is COc1ccccc1NC(N)=NCC1(c2ccccc2)CC1. The molecule has 1 aliphatic rings. The molecule has 0 radical (unpaired) electrons. The molecular formula is C18H21N3O. The van der Waals surface area contributed by atoms with Gasteiger partial charge in [0, 0.05) is 5.41 Å². The van der Waals surface area contributed by atoms with Crippen LogP contribution in [-0.2, 0) is 5.41 Å². The van der Waals surface area contributed by atoms with Crippen molar-refractivity contribution >= 4 is 11.6 Å². The van der Waals surface area contributed by atoms with E-state index in [9.17, 15) is 0 Å². The predicted octanol–water partition coefficient (Wildman–Crippen LogP) is 3.15. The van der Waals surface area contributed by atoms with E-state index in [1.165, 1.54) is 18.4 Å². The second-order valence-electron chi connectivity index (χ2n) is 5.67. The van der Waals surface area contributed by atoms with E-state index in [1.807, 2.05) is 30.3 Å². The average molecular weight is 295 g/mol. The molecule has 2 aromatic carbocycles. The Labute approximate surface area is 131 Å². The Morgan fingerprint density at radius 2 is 1.82 bits per heavy atom. The van der Waals surface area contributed by atoms with Crippen LogP contribution < -0.4 is 15.8 Å². The van der Waals surface area contributed by atoms with Crippen LogP contribution in [0.2, 0.25) is 0 Å². The summed E-state index contributed by atoms with van der Waals surface area (Å²) in [6.45, 7) is 0.713. The van der Waals surface area contributed by atoms with Crippen molar-refractivity contribution in [3.8, 4) is 5.75 Å². The van der Waals surface area contributed by atoms with Crippen LogP contribution in [-0.4, -0.2) is 19.6 Å². The van der Waals surface area contributed by atoms with Crippen molar-refractivity contribution < 1.29 is 4.74 Å². The molecule has 0 unspecified atom stereocenters. The number of nitrogens with two attached hydrogens (primary N) is 1. The number of anilines is 1. The van der Waals surface area contributed by atoms with E-state index >= 15 is 0 Å². The zero-order chi connectivity index (χ0) is 15.4. The molecule has 4 nitrogen and oxygen atoms in total. The first-order chi connectivity index (χ1) is 10.7. The van der Waals surface area contributed by atoms with Crippen LogP contribution in [0, 0.1) is 0 Å². The van der Waals surface area contributed by atoms with Crippen LogP contribution in [0.5, 0.6) is 5.75 Å². The molecule has 1 fully saturated rings. The quantitative estimate of drug-likeness (QED) is 0.658. The maximum Gasteiger partial charge on any atom is 0.193 e. The summed E-state index contributed by atoms with van der Waals surface area (Å²) in [6.07, 6.45) is 2.34. The normalized spacial score (nSPS) is 16.1. The highest BCUT2D eigenvalue weighted by Gasteiger charge is 2.43. The third kappa shape index (κ3) is 3.06. The minimum absolute atomic E-state index is 0.175. The van der Waals surface area contributed by atoms with Gasteiger partial charge in [0.25, 0.3) is 0 Å². The van der Waals surface area contributed by atoms with Crippen molar-refractivity contribution in [3.05, 3.63) is 60.2 Å². The molecule has 1 saturated carbocycles. The zero-order valence-electron chi connectivity index (χ0n) is 12.8. The fraction of sp³-hybridized carbons (Fsp3) is 0.278. The number of ether oxygens (including phenoxy) is 1. The van der Waals surface area contributed by atoms with Crippen LogP contribution in [0.3, 0.4) is 0 Å². The van der Waals surface area contributed by atoms with E-state index in [4.69, 9.17) is 10.5 Å². The van der Waals surface area contributed by atoms with Gasteiger partial charge < -0.3 is 15.8 Å². The van der Waals surface area contributed by atoms with E-state index in [0.29, 0.717) is 12.5 Å². The predicted molar refractivity (Wildman–Crippen MR) is 90.5 cm³/mol. The molecule has 0 heterocycles. The number of nitrogens with one attached hydrogen (secondary N) is 1. The number of hydrogen-bond donors (Lipinski definition) is 2. The Balaban J connectivity index is 1.68. The Morgan fingerprint density at radius 3 is 2.50 bits per heavy atom. The van der Waals surface area contributed by atoms with Gasteiger partial charge in [-0.1, -0.05) is 42.5 Å². The molecule has 0 amide bonds. The molecule has 0 atom stereocenters. The Kier molecular flexibility index (Phi) is 4.00. The second kappa shape index (κ2) is 6.10. The van der Waals surface area contributed by atoms with Crippen LogP contribution >= 0.6 is 0 Å². The highest BCUT2D eigenvalue weighted by molar-refractivity contribution is 5.93.